The lowest BCUT2D eigenvalue weighted by molar-refractivity contribution is -0.138. The van der Waals surface area contributed by atoms with Crippen molar-refractivity contribution >= 4 is 28.0 Å². The van der Waals surface area contributed by atoms with Crippen LogP contribution in [0.1, 0.15) is 84.4 Å². The van der Waals surface area contributed by atoms with Crippen molar-refractivity contribution in [3.8, 4) is 6.07 Å². The van der Waals surface area contributed by atoms with Crippen molar-refractivity contribution in [2.24, 2.45) is 0 Å². The molecule has 1 aromatic heterocycles. The summed E-state index contributed by atoms with van der Waals surface area (Å²) in [6.07, 6.45) is 2.24. The van der Waals surface area contributed by atoms with E-state index in [2.05, 4.69) is 6.07 Å². The molecule has 2 aromatic rings. The van der Waals surface area contributed by atoms with E-state index in [9.17, 15) is 28.0 Å². The average Bonchev–Trinajstić information content (AvgIpc) is 3.13. The van der Waals surface area contributed by atoms with E-state index < -0.39 is 17.7 Å². The van der Waals surface area contributed by atoms with Gasteiger partial charge in [-0.25, -0.2) is 0 Å². The van der Waals surface area contributed by atoms with Crippen LogP contribution in [0.5, 0.6) is 0 Å². The maximum Gasteiger partial charge on any atom is 0.416 e. The molecule has 0 saturated heterocycles. The number of benzene rings is 1. The number of rotatable bonds is 2. The molecule has 1 aromatic carbocycles. The van der Waals surface area contributed by atoms with Gasteiger partial charge in [0.15, 0.2) is 5.78 Å². The largest absolute Gasteiger partial charge is 0.416 e. The summed E-state index contributed by atoms with van der Waals surface area (Å²) in [5.74, 6) is -1.50. The lowest BCUT2D eigenvalue weighted by Gasteiger charge is -2.38. The van der Waals surface area contributed by atoms with Crippen LogP contribution in [0.2, 0.25) is 0 Å². The number of amides is 1. The van der Waals surface area contributed by atoms with E-state index in [1.165, 1.54) is 34.4 Å². The average molecular weight is 499 g/mol. The second-order valence-electron chi connectivity index (χ2n) is 9.42. The smallest absolute Gasteiger partial charge is 0.294 e. The summed E-state index contributed by atoms with van der Waals surface area (Å²) < 4.78 is 41.5. The zero-order chi connectivity index (χ0) is 24.7. The quantitative estimate of drug-likeness (QED) is 0.456. The molecule has 2 aliphatic carbocycles. The third-order valence-electron chi connectivity index (χ3n) is 7.28. The summed E-state index contributed by atoms with van der Waals surface area (Å²) in [5.41, 5.74) is 1.42. The molecule has 182 valence electrons. The van der Waals surface area contributed by atoms with Crippen molar-refractivity contribution in [1.82, 2.24) is 0 Å². The summed E-state index contributed by atoms with van der Waals surface area (Å²) in [7, 11) is 0. The predicted molar refractivity (Wildman–Crippen MR) is 127 cm³/mol. The van der Waals surface area contributed by atoms with E-state index >= 15 is 0 Å². The van der Waals surface area contributed by atoms with Crippen LogP contribution < -0.4 is 4.90 Å². The molecule has 8 heteroatoms. The van der Waals surface area contributed by atoms with Crippen molar-refractivity contribution in [3.63, 3.8) is 0 Å². The van der Waals surface area contributed by atoms with E-state index in [0.717, 1.165) is 55.0 Å². The van der Waals surface area contributed by atoms with Crippen LogP contribution in [-0.2, 0) is 28.6 Å². The van der Waals surface area contributed by atoms with Crippen LogP contribution in [0, 0.1) is 11.3 Å². The van der Waals surface area contributed by atoms with Gasteiger partial charge in [0.25, 0.3) is 0 Å². The second-order valence-corrected chi connectivity index (χ2v) is 10.5. The highest BCUT2D eigenvalue weighted by molar-refractivity contribution is 7.16. The van der Waals surface area contributed by atoms with Crippen molar-refractivity contribution in [2.75, 3.05) is 4.90 Å². The standard InChI is InChI=1S/C27H25F3N2O2S/c28-27(29,30)20-10-6-5-8-16(20)18-14-24(34)32(21-11-7-12-22(33)25(18)21)26-19(15-31)17-9-3-1-2-4-13-23(17)35-26/h5-6,8,10,18H,1-4,7,9,11-14H2/t18-/m1/s1. The van der Waals surface area contributed by atoms with Crippen molar-refractivity contribution in [2.45, 2.75) is 76.3 Å². The van der Waals surface area contributed by atoms with E-state index in [0.29, 0.717) is 34.7 Å². The van der Waals surface area contributed by atoms with Crippen molar-refractivity contribution < 1.29 is 22.8 Å². The molecule has 0 radical (unpaired) electrons. The zero-order valence-electron chi connectivity index (χ0n) is 19.2. The van der Waals surface area contributed by atoms with Crippen LogP contribution in [0.15, 0.2) is 35.5 Å². The first kappa shape index (κ1) is 23.8. The minimum atomic E-state index is -4.59. The van der Waals surface area contributed by atoms with E-state index in [1.807, 2.05) is 0 Å². The number of nitriles is 1. The van der Waals surface area contributed by atoms with E-state index in [4.69, 9.17) is 0 Å². The number of thiophene rings is 1. The number of carbonyl (C=O) groups is 2. The Morgan fingerprint density at radius 1 is 0.971 bits per heavy atom. The van der Waals surface area contributed by atoms with Crippen LogP contribution in [-0.4, -0.2) is 11.7 Å². The molecule has 35 heavy (non-hydrogen) atoms. The van der Waals surface area contributed by atoms with Crippen molar-refractivity contribution in [3.05, 3.63) is 62.7 Å². The SMILES string of the molecule is N#Cc1c(N2C(=O)C[C@H](c3ccccc3C(F)(F)F)C3=C2CCCC3=O)sc2c1CCCCCC2. The Balaban J connectivity index is 1.68. The monoisotopic (exact) mass is 498 g/mol. The van der Waals surface area contributed by atoms with Gasteiger partial charge >= 0.3 is 6.18 Å². The number of hydrogen-bond acceptors (Lipinski definition) is 4. The van der Waals surface area contributed by atoms with Gasteiger partial charge in [0.2, 0.25) is 5.91 Å². The van der Waals surface area contributed by atoms with Crippen LogP contribution in [0.3, 0.4) is 0 Å². The highest BCUT2D eigenvalue weighted by atomic mass is 32.1. The van der Waals surface area contributed by atoms with Gasteiger partial charge in [-0.3, -0.25) is 14.5 Å². The summed E-state index contributed by atoms with van der Waals surface area (Å²) in [6.45, 7) is 0. The van der Waals surface area contributed by atoms with Gasteiger partial charge < -0.3 is 0 Å². The molecule has 0 unspecified atom stereocenters. The van der Waals surface area contributed by atoms with Gasteiger partial charge in [-0.15, -0.1) is 11.3 Å². The van der Waals surface area contributed by atoms with Gasteiger partial charge in [-0.05, 0) is 55.7 Å². The summed E-state index contributed by atoms with van der Waals surface area (Å²) in [4.78, 5) is 29.4. The highest BCUT2D eigenvalue weighted by Crippen LogP contribution is 2.49. The van der Waals surface area contributed by atoms with Gasteiger partial charge in [0.1, 0.15) is 11.1 Å². The van der Waals surface area contributed by atoms with Gasteiger partial charge in [-0.2, -0.15) is 18.4 Å². The number of aryl methyl sites for hydroxylation is 1. The second kappa shape index (κ2) is 9.27. The zero-order valence-corrected chi connectivity index (χ0v) is 20.0. The Bertz CT molecular complexity index is 1270. The number of nitrogens with zero attached hydrogens (tertiary/aromatic N) is 2. The fraction of sp³-hybridized carbons (Fsp3) is 0.444. The minimum absolute atomic E-state index is 0.0327. The van der Waals surface area contributed by atoms with Gasteiger partial charge in [-0.1, -0.05) is 31.0 Å². The number of hydrogen-bond donors (Lipinski definition) is 0. The first-order valence-electron chi connectivity index (χ1n) is 12.1. The van der Waals surface area contributed by atoms with E-state index in [-0.39, 0.29) is 30.1 Å². The Kier molecular flexibility index (Phi) is 6.30. The molecule has 1 atom stereocenters. The molecule has 1 aliphatic heterocycles. The normalized spacial score (nSPS) is 21.2. The molecule has 0 N–H and O–H groups in total. The molecule has 0 saturated carbocycles. The Morgan fingerprint density at radius 2 is 1.71 bits per heavy atom. The lowest BCUT2D eigenvalue weighted by Crippen LogP contribution is -2.41. The summed E-state index contributed by atoms with van der Waals surface area (Å²) >= 11 is 1.44. The Hall–Kier alpha value is -2.92. The number of fused-ring (bicyclic) bond motifs is 1. The molecular formula is C27H25F3N2O2S. The number of ketones is 1. The van der Waals surface area contributed by atoms with Gasteiger partial charge in [0.05, 0.1) is 11.1 Å². The predicted octanol–water partition coefficient (Wildman–Crippen LogP) is 6.83. The number of allylic oxidation sites excluding steroid dienone is 2. The number of halogens is 3. The highest BCUT2D eigenvalue weighted by Gasteiger charge is 2.44. The molecular weight excluding hydrogens is 473 g/mol. The number of anilines is 1. The van der Waals surface area contributed by atoms with Crippen molar-refractivity contribution in [1.29, 1.82) is 5.26 Å². The summed E-state index contributed by atoms with van der Waals surface area (Å²) in [6, 6.07) is 7.53. The fourth-order valence-corrected chi connectivity index (χ4v) is 7.11. The molecule has 0 fully saturated rings. The molecule has 0 spiro atoms. The first-order chi connectivity index (χ1) is 16.8. The molecule has 1 amide bonds. The van der Waals surface area contributed by atoms with E-state index in [1.54, 1.807) is 0 Å². The Labute approximate surface area is 206 Å². The number of carbonyl (C=O) groups excluding carboxylic acids is 2. The number of Topliss-reactive ketones (excluding diaryl/α,β-unsaturated/α-hetero) is 1. The third-order valence-corrected chi connectivity index (χ3v) is 8.56. The number of alkyl halides is 3. The molecule has 0 bridgehead atoms. The minimum Gasteiger partial charge on any atom is -0.294 e. The summed E-state index contributed by atoms with van der Waals surface area (Å²) in [5, 5.41) is 10.6. The topological polar surface area (TPSA) is 61.2 Å². The molecule has 4 nitrogen and oxygen atoms in total. The maximum absolute atomic E-state index is 13.8. The fourth-order valence-electron chi connectivity index (χ4n) is 5.73. The lowest BCUT2D eigenvalue weighted by atomic mass is 9.76. The molecule has 3 aliphatic rings. The third kappa shape index (κ3) is 4.20. The van der Waals surface area contributed by atoms with Crippen LogP contribution in [0.4, 0.5) is 18.2 Å². The molecule has 2 heterocycles. The van der Waals surface area contributed by atoms with Crippen LogP contribution >= 0.6 is 11.3 Å². The van der Waals surface area contributed by atoms with Gasteiger partial charge in [0, 0.05) is 34.9 Å². The Morgan fingerprint density at radius 3 is 2.46 bits per heavy atom. The molecule has 5 rings (SSSR count). The first-order valence-corrected chi connectivity index (χ1v) is 12.9. The maximum atomic E-state index is 13.8. The van der Waals surface area contributed by atoms with Crippen LogP contribution in [0.25, 0.3) is 0 Å².